The number of rotatable bonds is 3. The van der Waals surface area contributed by atoms with Crippen LogP contribution in [0.1, 0.15) is 17.1 Å². The van der Waals surface area contributed by atoms with E-state index >= 15 is 0 Å². The minimum Gasteiger partial charge on any atom is -0.390 e. The summed E-state index contributed by atoms with van der Waals surface area (Å²) in [5.41, 5.74) is 1.75. The van der Waals surface area contributed by atoms with Crippen molar-refractivity contribution in [1.29, 1.82) is 0 Å². The van der Waals surface area contributed by atoms with Gasteiger partial charge in [-0.05, 0) is 11.6 Å². The number of aliphatic hydroxyl groups excluding tert-OH is 1. The largest absolute Gasteiger partial charge is 0.390 e. The molecular formula is C11H11ClN2O. The van der Waals surface area contributed by atoms with Crippen LogP contribution in [-0.2, 0) is 13.0 Å². The molecule has 0 amide bonds. The number of imidazole rings is 1. The molecular weight excluding hydrogens is 212 g/mol. The highest BCUT2D eigenvalue weighted by Gasteiger charge is 2.04. The van der Waals surface area contributed by atoms with Crippen LogP contribution >= 0.6 is 11.6 Å². The highest BCUT2D eigenvalue weighted by molar-refractivity contribution is 6.31. The summed E-state index contributed by atoms with van der Waals surface area (Å²) in [6, 6.07) is 7.65. The number of benzene rings is 1. The Bertz CT molecular complexity index is 453. The summed E-state index contributed by atoms with van der Waals surface area (Å²) in [5, 5.41) is 9.61. The third-order valence-electron chi connectivity index (χ3n) is 2.17. The van der Waals surface area contributed by atoms with Gasteiger partial charge >= 0.3 is 0 Å². The molecule has 78 valence electrons. The molecule has 0 radical (unpaired) electrons. The number of aromatic nitrogens is 2. The molecule has 2 rings (SSSR count). The minimum atomic E-state index is -0.0183. The summed E-state index contributed by atoms with van der Waals surface area (Å²) in [6.45, 7) is -0.0183. The Morgan fingerprint density at radius 3 is 2.80 bits per heavy atom. The van der Waals surface area contributed by atoms with Crippen LogP contribution in [0.3, 0.4) is 0 Å². The van der Waals surface area contributed by atoms with Gasteiger partial charge in [-0.2, -0.15) is 0 Å². The average Bonchev–Trinajstić information content (AvgIpc) is 2.69. The van der Waals surface area contributed by atoms with Gasteiger partial charge in [0.15, 0.2) is 0 Å². The first-order valence-electron chi connectivity index (χ1n) is 4.66. The summed E-state index contributed by atoms with van der Waals surface area (Å²) < 4.78 is 0. The Morgan fingerprint density at radius 1 is 1.33 bits per heavy atom. The number of hydrogen-bond donors (Lipinski definition) is 2. The molecule has 0 saturated carbocycles. The van der Waals surface area contributed by atoms with Gasteiger partial charge in [0.2, 0.25) is 0 Å². The zero-order valence-corrected chi connectivity index (χ0v) is 8.83. The molecule has 2 aromatic rings. The number of hydrogen-bond acceptors (Lipinski definition) is 2. The zero-order chi connectivity index (χ0) is 10.7. The van der Waals surface area contributed by atoms with Gasteiger partial charge in [0, 0.05) is 11.4 Å². The lowest BCUT2D eigenvalue weighted by Gasteiger charge is -2.00. The Hall–Kier alpha value is -1.32. The molecule has 2 N–H and O–H groups in total. The lowest BCUT2D eigenvalue weighted by Crippen LogP contribution is -1.92. The van der Waals surface area contributed by atoms with Crippen molar-refractivity contribution in [3.63, 3.8) is 0 Å². The van der Waals surface area contributed by atoms with Crippen LogP contribution in [0.5, 0.6) is 0 Å². The average molecular weight is 223 g/mol. The van der Waals surface area contributed by atoms with Crippen LogP contribution in [-0.4, -0.2) is 15.1 Å². The summed E-state index contributed by atoms with van der Waals surface area (Å²) in [5.74, 6) is 0.812. The van der Waals surface area contributed by atoms with Crippen molar-refractivity contribution in [3.8, 4) is 0 Å². The molecule has 3 nitrogen and oxygen atoms in total. The Labute approximate surface area is 92.7 Å². The number of nitrogens with zero attached hydrogens (tertiary/aromatic N) is 1. The molecule has 0 aliphatic heterocycles. The van der Waals surface area contributed by atoms with E-state index < -0.39 is 0 Å². The number of nitrogens with one attached hydrogen (secondary N) is 1. The molecule has 1 heterocycles. The van der Waals surface area contributed by atoms with Crippen molar-refractivity contribution in [1.82, 2.24) is 9.97 Å². The van der Waals surface area contributed by atoms with Gasteiger partial charge in [-0.25, -0.2) is 4.98 Å². The summed E-state index contributed by atoms with van der Waals surface area (Å²) in [4.78, 5) is 7.17. The van der Waals surface area contributed by atoms with Crippen LogP contribution in [0.4, 0.5) is 0 Å². The SMILES string of the molecule is OCc1cnc(Cc2ccccc2Cl)[nH]1. The van der Waals surface area contributed by atoms with Gasteiger partial charge in [0.1, 0.15) is 5.82 Å². The predicted octanol–water partition coefficient (Wildman–Crippen LogP) is 2.15. The molecule has 1 aromatic carbocycles. The lowest BCUT2D eigenvalue weighted by molar-refractivity contribution is 0.277. The van der Waals surface area contributed by atoms with Gasteiger partial charge in [-0.15, -0.1) is 0 Å². The standard InChI is InChI=1S/C11H11ClN2O/c12-10-4-2-1-3-8(10)5-11-13-6-9(7-15)14-11/h1-4,6,15H,5,7H2,(H,13,14). The van der Waals surface area contributed by atoms with E-state index in [9.17, 15) is 0 Å². The van der Waals surface area contributed by atoms with Crippen LogP contribution in [0.2, 0.25) is 5.02 Å². The molecule has 0 unspecified atom stereocenters. The maximum absolute atomic E-state index is 8.87. The monoisotopic (exact) mass is 222 g/mol. The van der Waals surface area contributed by atoms with Gasteiger partial charge < -0.3 is 10.1 Å². The molecule has 0 fully saturated rings. The van der Waals surface area contributed by atoms with E-state index in [0.717, 1.165) is 22.1 Å². The quantitative estimate of drug-likeness (QED) is 0.836. The normalized spacial score (nSPS) is 10.5. The summed E-state index contributed by atoms with van der Waals surface area (Å²) >= 11 is 6.02. The smallest absolute Gasteiger partial charge is 0.110 e. The second-order valence-corrected chi connectivity index (χ2v) is 3.69. The Morgan fingerprint density at radius 2 is 2.13 bits per heavy atom. The molecule has 1 aromatic heterocycles. The number of H-pyrrole nitrogens is 1. The fourth-order valence-corrected chi connectivity index (χ4v) is 1.60. The number of halogens is 1. The zero-order valence-electron chi connectivity index (χ0n) is 8.07. The van der Waals surface area contributed by atoms with Crippen molar-refractivity contribution in [3.05, 3.63) is 52.6 Å². The molecule has 0 bridgehead atoms. The topological polar surface area (TPSA) is 48.9 Å². The second-order valence-electron chi connectivity index (χ2n) is 3.28. The van der Waals surface area contributed by atoms with Gasteiger partial charge in [0.05, 0.1) is 18.5 Å². The minimum absolute atomic E-state index is 0.0183. The molecule has 0 atom stereocenters. The van der Waals surface area contributed by atoms with E-state index in [4.69, 9.17) is 16.7 Å². The second kappa shape index (κ2) is 4.47. The highest BCUT2D eigenvalue weighted by atomic mass is 35.5. The Balaban J connectivity index is 2.18. The van der Waals surface area contributed by atoms with E-state index in [1.54, 1.807) is 6.20 Å². The fraction of sp³-hybridized carbons (Fsp3) is 0.182. The van der Waals surface area contributed by atoms with Crippen molar-refractivity contribution in [2.75, 3.05) is 0 Å². The lowest BCUT2D eigenvalue weighted by atomic mass is 10.1. The first kappa shape index (κ1) is 10.2. The molecule has 4 heteroatoms. The van der Waals surface area contributed by atoms with E-state index in [1.807, 2.05) is 24.3 Å². The molecule has 0 saturated heterocycles. The Kier molecular flexibility index (Phi) is 3.04. The van der Waals surface area contributed by atoms with Crippen molar-refractivity contribution in [2.24, 2.45) is 0 Å². The molecule has 0 aliphatic carbocycles. The summed E-state index contributed by atoms with van der Waals surface area (Å²) in [6.07, 6.45) is 2.28. The molecule has 0 aliphatic rings. The third kappa shape index (κ3) is 2.37. The van der Waals surface area contributed by atoms with Crippen LogP contribution in [0, 0.1) is 0 Å². The van der Waals surface area contributed by atoms with E-state index in [0.29, 0.717) is 6.42 Å². The van der Waals surface area contributed by atoms with Crippen LogP contribution in [0.15, 0.2) is 30.5 Å². The number of aromatic amines is 1. The van der Waals surface area contributed by atoms with Crippen molar-refractivity contribution < 1.29 is 5.11 Å². The predicted molar refractivity (Wildman–Crippen MR) is 58.8 cm³/mol. The van der Waals surface area contributed by atoms with E-state index in [-0.39, 0.29) is 6.61 Å². The fourth-order valence-electron chi connectivity index (χ4n) is 1.40. The number of aliphatic hydroxyl groups is 1. The molecule has 0 spiro atoms. The van der Waals surface area contributed by atoms with Gasteiger partial charge in [-0.1, -0.05) is 29.8 Å². The highest BCUT2D eigenvalue weighted by Crippen LogP contribution is 2.17. The van der Waals surface area contributed by atoms with Gasteiger partial charge in [-0.3, -0.25) is 0 Å². The third-order valence-corrected chi connectivity index (χ3v) is 2.54. The van der Waals surface area contributed by atoms with Crippen LogP contribution in [0.25, 0.3) is 0 Å². The maximum atomic E-state index is 8.87. The van der Waals surface area contributed by atoms with E-state index in [2.05, 4.69) is 9.97 Å². The maximum Gasteiger partial charge on any atom is 0.110 e. The van der Waals surface area contributed by atoms with Crippen molar-refractivity contribution >= 4 is 11.6 Å². The van der Waals surface area contributed by atoms with E-state index in [1.165, 1.54) is 0 Å². The molecule has 15 heavy (non-hydrogen) atoms. The summed E-state index contributed by atoms with van der Waals surface area (Å²) in [7, 11) is 0. The van der Waals surface area contributed by atoms with Gasteiger partial charge in [0.25, 0.3) is 0 Å². The first-order chi connectivity index (χ1) is 7.29. The van der Waals surface area contributed by atoms with Crippen molar-refractivity contribution in [2.45, 2.75) is 13.0 Å². The first-order valence-corrected chi connectivity index (χ1v) is 5.04. The van der Waals surface area contributed by atoms with Crippen LogP contribution < -0.4 is 0 Å².